The van der Waals surface area contributed by atoms with Gasteiger partial charge in [-0.15, -0.1) is 0 Å². The van der Waals surface area contributed by atoms with Gasteiger partial charge in [0, 0.05) is 46.2 Å². The zero-order chi connectivity index (χ0) is 19.0. The molecule has 1 amide bonds. The van der Waals surface area contributed by atoms with Crippen LogP contribution in [0.4, 0.5) is 5.69 Å². The molecule has 2 heterocycles. The molecular formula is C19H18Cl2N4OS. The summed E-state index contributed by atoms with van der Waals surface area (Å²) < 4.78 is 5.05. The van der Waals surface area contributed by atoms with Gasteiger partial charge in [0.2, 0.25) is 0 Å². The molecule has 1 N–H and O–H groups in total. The number of rotatable bonds is 4. The van der Waals surface area contributed by atoms with Crippen LogP contribution in [0.15, 0.2) is 41.3 Å². The van der Waals surface area contributed by atoms with E-state index in [-0.39, 0.29) is 5.91 Å². The molecule has 0 saturated carbocycles. The van der Waals surface area contributed by atoms with Crippen molar-refractivity contribution in [3.8, 4) is 0 Å². The van der Waals surface area contributed by atoms with Gasteiger partial charge in [-0.1, -0.05) is 23.2 Å². The lowest BCUT2D eigenvalue weighted by molar-refractivity contribution is 0.0788. The second-order valence-corrected chi connectivity index (χ2v) is 8.27. The average molecular weight is 421 g/mol. The minimum absolute atomic E-state index is 0.0155. The maximum Gasteiger partial charge on any atom is 0.274 e. The van der Waals surface area contributed by atoms with Crippen LogP contribution in [-0.2, 0) is 7.05 Å². The van der Waals surface area contributed by atoms with Crippen molar-refractivity contribution in [3.05, 3.63) is 52.1 Å². The van der Waals surface area contributed by atoms with E-state index in [2.05, 4.69) is 9.82 Å². The van der Waals surface area contributed by atoms with Crippen LogP contribution in [0.2, 0.25) is 10.0 Å². The third-order valence-corrected chi connectivity index (χ3v) is 5.82. The number of halogens is 2. The van der Waals surface area contributed by atoms with Crippen molar-refractivity contribution in [1.82, 2.24) is 14.7 Å². The summed E-state index contributed by atoms with van der Waals surface area (Å²) in [5, 5.41) is 6.54. The highest BCUT2D eigenvalue weighted by atomic mass is 35.5. The molecule has 1 aliphatic rings. The van der Waals surface area contributed by atoms with E-state index < -0.39 is 0 Å². The Balaban J connectivity index is 1.57. The summed E-state index contributed by atoms with van der Waals surface area (Å²) >= 11 is 13.5. The number of aromatic nitrogens is 2. The number of carbonyl (C=O) groups is 1. The van der Waals surface area contributed by atoms with E-state index in [1.54, 1.807) is 10.7 Å². The fourth-order valence-electron chi connectivity index (χ4n) is 3.25. The number of fused-ring (bicyclic) bond motifs is 1. The minimum Gasteiger partial charge on any atom is -0.337 e. The van der Waals surface area contributed by atoms with Crippen molar-refractivity contribution in [3.63, 3.8) is 0 Å². The molecule has 0 aliphatic carbocycles. The SMILES string of the molecule is Cn1nc(C(=O)N2CCCC2)c2ccc(NSc3cc(Cl)cc(Cl)c3)cc21. The van der Waals surface area contributed by atoms with Gasteiger partial charge >= 0.3 is 0 Å². The van der Waals surface area contributed by atoms with Gasteiger partial charge in [0.05, 0.1) is 5.52 Å². The molecule has 8 heteroatoms. The highest BCUT2D eigenvalue weighted by molar-refractivity contribution is 8.00. The zero-order valence-electron chi connectivity index (χ0n) is 14.7. The first kappa shape index (κ1) is 18.5. The Morgan fingerprint density at radius 1 is 1.11 bits per heavy atom. The van der Waals surface area contributed by atoms with E-state index in [9.17, 15) is 4.79 Å². The number of hydrogen-bond acceptors (Lipinski definition) is 4. The van der Waals surface area contributed by atoms with Gasteiger partial charge < -0.3 is 9.62 Å². The first-order valence-corrected chi connectivity index (χ1v) is 10.2. The van der Waals surface area contributed by atoms with Crippen LogP contribution in [0.25, 0.3) is 10.9 Å². The Bertz CT molecular complexity index is 994. The highest BCUT2D eigenvalue weighted by Crippen LogP contribution is 2.30. The van der Waals surface area contributed by atoms with Crippen LogP contribution >= 0.6 is 35.1 Å². The molecule has 1 fully saturated rings. The van der Waals surface area contributed by atoms with Crippen molar-refractivity contribution in [2.75, 3.05) is 17.8 Å². The van der Waals surface area contributed by atoms with Crippen LogP contribution in [0.5, 0.6) is 0 Å². The number of carbonyl (C=O) groups excluding carboxylic acids is 1. The quantitative estimate of drug-likeness (QED) is 0.586. The largest absolute Gasteiger partial charge is 0.337 e. The number of hydrogen-bond donors (Lipinski definition) is 1. The summed E-state index contributed by atoms with van der Waals surface area (Å²) in [6.45, 7) is 1.63. The summed E-state index contributed by atoms with van der Waals surface area (Å²) in [5.41, 5.74) is 2.34. The number of anilines is 1. The van der Waals surface area contributed by atoms with Gasteiger partial charge in [0.15, 0.2) is 5.69 Å². The van der Waals surface area contributed by atoms with Crippen LogP contribution in [0.3, 0.4) is 0 Å². The topological polar surface area (TPSA) is 50.2 Å². The molecule has 0 atom stereocenters. The average Bonchev–Trinajstić information content (AvgIpc) is 3.27. The fraction of sp³-hybridized carbons (Fsp3) is 0.263. The number of aryl methyl sites for hydroxylation is 1. The summed E-state index contributed by atoms with van der Waals surface area (Å²) in [4.78, 5) is 15.5. The molecule has 0 unspecified atom stereocenters. The lowest BCUT2D eigenvalue weighted by Gasteiger charge is -2.13. The van der Waals surface area contributed by atoms with Gasteiger partial charge in [0.1, 0.15) is 0 Å². The van der Waals surface area contributed by atoms with Crippen molar-refractivity contribution < 1.29 is 4.79 Å². The molecule has 0 radical (unpaired) electrons. The normalized spacial score (nSPS) is 14.1. The summed E-state index contributed by atoms with van der Waals surface area (Å²) in [6, 6.07) is 11.3. The minimum atomic E-state index is 0.0155. The molecule has 1 saturated heterocycles. The number of amides is 1. The molecule has 140 valence electrons. The number of likely N-dealkylation sites (tertiary alicyclic amines) is 1. The Kier molecular flexibility index (Phi) is 5.21. The predicted molar refractivity (Wildman–Crippen MR) is 112 cm³/mol. The van der Waals surface area contributed by atoms with Crippen molar-refractivity contribution in [1.29, 1.82) is 0 Å². The second-order valence-electron chi connectivity index (χ2n) is 6.51. The molecule has 3 aromatic rings. The van der Waals surface area contributed by atoms with Crippen LogP contribution in [-0.4, -0.2) is 33.7 Å². The molecule has 1 aliphatic heterocycles. The van der Waals surface area contributed by atoms with Gasteiger partial charge in [-0.3, -0.25) is 9.48 Å². The third kappa shape index (κ3) is 3.88. The van der Waals surface area contributed by atoms with E-state index in [1.165, 1.54) is 11.9 Å². The summed E-state index contributed by atoms with van der Waals surface area (Å²) in [6.07, 6.45) is 2.13. The Morgan fingerprint density at radius 2 is 1.81 bits per heavy atom. The monoisotopic (exact) mass is 420 g/mol. The maximum atomic E-state index is 12.7. The van der Waals surface area contributed by atoms with Gasteiger partial charge in [-0.25, -0.2) is 0 Å². The zero-order valence-corrected chi connectivity index (χ0v) is 17.0. The molecule has 0 spiro atoms. The molecule has 4 rings (SSSR count). The summed E-state index contributed by atoms with van der Waals surface area (Å²) in [5.74, 6) is 0.0155. The molecule has 1 aromatic heterocycles. The first-order valence-electron chi connectivity index (χ1n) is 8.66. The maximum absolute atomic E-state index is 12.7. The van der Waals surface area contributed by atoms with Crippen LogP contribution < -0.4 is 4.72 Å². The van der Waals surface area contributed by atoms with Crippen LogP contribution in [0, 0.1) is 0 Å². The third-order valence-electron chi connectivity index (χ3n) is 4.57. The predicted octanol–water partition coefficient (Wildman–Crippen LogP) is 5.24. The number of benzene rings is 2. The van der Waals surface area contributed by atoms with E-state index >= 15 is 0 Å². The van der Waals surface area contributed by atoms with E-state index in [0.29, 0.717) is 15.7 Å². The van der Waals surface area contributed by atoms with Crippen molar-refractivity contribution in [2.45, 2.75) is 17.7 Å². The Hall–Kier alpha value is -1.89. The first-order chi connectivity index (χ1) is 13.0. The molecular weight excluding hydrogens is 403 g/mol. The smallest absolute Gasteiger partial charge is 0.274 e. The van der Waals surface area contributed by atoms with Gasteiger partial charge in [-0.05, 0) is 61.2 Å². The highest BCUT2D eigenvalue weighted by Gasteiger charge is 2.24. The van der Waals surface area contributed by atoms with Crippen LogP contribution in [0.1, 0.15) is 23.3 Å². The fourth-order valence-corrected chi connectivity index (χ4v) is 4.64. The number of nitrogens with one attached hydrogen (secondary N) is 1. The van der Waals surface area contributed by atoms with Gasteiger partial charge in [-0.2, -0.15) is 5.10 Å². The standard InChI is InChI=1S/C19H18Cl2N4OS/c1-24-17-11-14(23-27-15-9-12(20)8-13(21)10-15)4-5-16(17)18(22-24)19(26)25-6-2-3-7-25/h4-5,8-11,23H,2-3,6-7H2,1H3. The molecule has 0 bridgehead atoms. The van der Waals surface area contributed by atoms with Gasteiger partial charge in [0.25, 0.3) is 5.91 Å². The van der Waals surface area contributed by atoms with E-state index in [0.717, 1.165) is 47.4 Å². The lowest BCUT2D eigenvalue weighted by Crippen LogP contribution is -2.28. The van der Waals surface area contributed by atoms with E-state index in [1.807, 2.05) is 42.3 Å². The molecule has 2 aromatic carbocycles. The Morgan fingerprint density at radius 3 is 2.52 bits per heavy atom. The molecule has 5 nitrogen and oxygen atoms in total. The van der Waals surface area contributed by atoms with Crippen molar-refractivity contribution in [2.24, 2.45) is 7.05 Å². The van der Waals surface area contributed by atoms with Crippen molar-refractivity contribution >= 4 is 57.6 Å². The number of nitrogens with zero attached hydrogens (tertiary/aromatic N) is 3. The van der Waals surface area contributed by atoms with E-state index in [4.69, 9.17) is 23.2 Å². The summed E-state index contributed by atoms with van der Waals surface area (Å²) in [7, 11) is 1.86. The molecule has 27 heavy (non-hydrogen) atoms. The Labute approximate surface area is 171 Å². The second kappa shape index (κ2) is 7.62. The lowest BCUT2D eigenvalue weighted by atomic mass is 10.2.